The fourth-order valence-electron chi connectivity index (χ4n) is 5.77. The quantitative estimate of drug-likeness (QED) is 0.344. The maximum Gasteiger partial charge on any atom is 0.275 e. The molecule has 2 atom stereocenters. The maximum absolute atomic E-state index is 12.0. The lowest BCUT2D eigenvalue weighted by atomic mass is 9.93. The predicted molar refractivity (Wildman–Crippen MR) is 150 cm³/mol. The highest BCUT2D eigenvalue weighted by Gasteiger charge is 2.28. The van der Waals surface area contributed by atoms with E-state index < -0.39 is 0 Å². The Hall–Kier alpha value is -2.96. The van der Waals surface area contributed by atoms with Crippen LogP contribution in [0.1, 0.15) is 59.3 Å². The average Bonchev–Trinajstić information content (AvgIpc) is 2.92. The normalized spacial score (nSPS) is 20.7. The number of hydrogen-bond acceptors (Lipinski definition) is 9. The smallest absolute Gasteiger partial charge is 0.275 e. The second kappa shape index (κ2) is 12.9. The van der Waals surface area contributed by atoms with Gasteiger partial charge >= 0.3 is 0 Å². The molecule has 2 aliphatic heterocycles. The summed E-state index contributed by atoms with van der Waals surface area (Å²) in [4.78, 5) is 27.7. The SMILES string of the molecule is CCc1cc([N+](=O)[O-])c(COCc2cc(C3CNCCN3C)c(CC)cc2[N+](=O)[O-])cc1C1CNCCN1C. The molecule has 2 aromatic carbocycles. The van der Waals surface area contributed by atoms with Crippen molar-refractivity contribution in [2.75, 3.05) is 53.4 Å². The monoisotopic (exact) mass is 540 g/mol. The number of nitrogens with one attached hydrogen (secondary N) is 2. The molecule has 212 valence electrons. The number of nitro groups is 2. The molecule has 2 aromatic rings. The topological polar surface area (TPSA) is 126 Å². The second-order valence-corrected chi connectivity index (χ2v) is 10.5. The molecule has 2 heterocycles. The first-order chi connectivity index (χ1) is 18.7. The van der Waals surface area contributed by atoms with Gasteiger partial charge in [0.15, 0.2) is 0 Å². The summed E-state index contributed by atoms with van der Waals surface area (Å²) in [6.07, 6.45) is 1.37. The molecular weight excluding hydrogens is 500 g/mol. The molecule has 2 unspecified atom stereocenters. The van der Waals surface area contributed by atoms with E-state index >= 15 is 0 Å². The fraction of sp³-hybridized carbons (Fsp3) is 0.571. The third kappa shape index (κ3) is 6.44. The van der Waals surface area contributed by atoms with Crippen molar-refractivity contribution in [1.82, 2.24) is 20.4 Å². The van der Waals surface area contributed by atoms with Gasteiger partial charge in [-0.15, -0.1) is 0 Å². The van der Waals surface area contributed by atoms with Crippen molar-refractivity contribution in [1.29, 1.82) is 0 Å². The van der Waals surface area contributed by atoms with Gasteiger partial charge in [-0.3, -0.25) is 30.0 Å². The van der Waals surface area contributed by atoms with E-state index in [1.165, 1.54) is 0 Å². The number of hydrogen-bond donors (Lipinski definition) is 2. The zero-order valence-corrected chi connectivity index (χ0v) is 23.4. The molecule has 39 heavy (non-hydrogen) atoms. The van der Waals surface area contributed by atoms with Crippen molar-refractivity contribution in [2.24, 2.45) is 0 Å². The van der Waals surface area contributed by atoms with E-state index in [9.17, 15) is 20.2 Å². The molecule has 0 aromatic heterocycles. The minimum absolute atomic E-state index is 0.00985. The van der Waals surface area contributed by atoms with Crippen LogP contribution in [0, 0.1) is 20.2 Å². The average molecular weight is 541 g/mol. The van der Waals surface area contributed by atoms with E-state index in [2.05, 4.69) is 34.5 Å². The highest BCUT2D eigenvalue weighted by molar-refractivity contribution is 5.50. The van der Waals surface area contributed by atoms with Gasteiger partial charge in [0.25, 0.3) is 11.4 Å². The summed E-state index contributed by atoms with van der Waals surface area (Å²) in [6, 6.07) is 7.35. The Morgan fingerprint density at radius 1 is 0.769 bits per heavy atom. The molecule has 0 saturated carbocycles. The van der Waals surface area contributed by atoms with Crippen LogP contribution in [0.3, 0.4) is 0 Å². The molecule has 2 aliphatic rings. The lowest BCUT2D eigenvalue weighted by Gasteiger charge is -2.35. The Balaban J connectivity index is 1.63. The second-order valence-electron chi connectivity index (χ2n) is 10.5. The Morgan fingerprint density at radius 3 is 1.51 bits per heavy atom. The summed E-state index contributed by atoms with van der Waals surface area (Å²) in [6.45, 7) is 9.12. The molecule has 2 N–H and O–H groups in total. The van der Waals surface area contributed by atoms with Crippen LogP contribution in [0.4, 0.5) is 11.4 Å². The van der Waals surface area contributed by atoms with Gasteiger partial charge in [0.05, 0.1) is 34.2 Å². The third-order valence-electron chi connectivity index (χ3n) is 8.09. The number of piperazine rings is 2. The van der Waals surface area contributed by atoms with Gasteiger partial charge in [-0.1, -0.05) is 13.8 Å². The van der Waals surface area contributed by atoms with E-state index in [0.717, 1.165) is 61.5 Å². The van der Waals surface area contributed by atoms with Gasteiger partial charge in [0.2, 0.25) is 0 Å². The van der Waals surface area contributed by atoms with E-state index in [-0.39, 0.29) is 46.5 Å². The maximum atomic E-state index is 12.0. The first-order valence-electron chi connectivity index (χ1n) is 13.7. The number of nitrogens with zero attached hydrogens (tertiary/aromatic N) is 4. The van der Waals surface area contributed by atoms with E-state index in [1.54, 1.807) is 12.1 Å². The van der Waals surface area contributed by atoms with Crippen LogP contribution < -0.4 is 10.6 Å². The summed E-state index contributed by atoms with van der Waals surface area (Å²) in [7, 11) is 4.14. The molecule has 11 heteroatoms. The van der Waals surface area contributed by atoms with Crippen LogP contribution in [-0.2, 0) is 30.8 Å². The first-order valence-corrected chi connectivity index (χ1v) is 13.7. The van der Waals surface area contributed by atoms with Gasteiger partial charge in [-0.25, -0.2) is 0 Å². The highest BCUT2D eigenvalue weighted by Crippen LogP contribution is 2.34. The lowest BCUT2D eigenvalue weighted by molar-refractivity contribution is -0.386. The minimum Gasteiger partial charge on any atom is -0.372 e. The number of aryl methyl sites for hydroxylation is 2. The van der Waals surface area contributed by atoms with Crippen LogP contribution in [0.25, 0.3) is 0 Å². The summed E-state index contributed by atoms with van der Waals surface area (Å²) in [5, 5.41) is 30.8. The van der Waals surface area contributed by atoms with Gasteiger partial charge in [-0.2, -0.15) is 0 Å². The molecule has 0 radical (unpaired) electrons. The first kappa shape index (κ1) is 29.0. The number of likely N-dealkylation sites (N-methyl/N-ethyl adjacent to an activating group) is 2. The minimum atomic E-state index is -0.368. The summed E-state index contributed by atoms with van der Waals surface area (Å²) in [5.41, 5.74) is 5.03. The summed E-state index contributed by atoms with van der Waals surface area (Å²) >= 11 is 0. The molecule has 2 fully saturated rings. The van der Waals surface area contributed by atoms with E-state index in [0.29, 0.717) is 24.0 Å². The van der Waals surface area contributed by atoms with Gasteiger partial charge in [0.1, 0.15) is 0 Å². The molecule has 0 aliphatic carbocycles. The van der Waals surface area contributed by atoms with Gasteiger partial charge in [0, 0.05) is 63.5 Å². The number of rotatable bonds is 10. The van der Waals surface area contributed by atoms with Gasteiger partial charge < -0.3 is 15.4 Å². The van der Waals surface area contributed by atoms with Crippen molar-refractivity contribution >= 4 is 11.4 Å². The Morgan fingerprint density at radius 2 is 1.18 bits per heavy atom. The molecule has 0 spiro atoms. The van der Waals surface area contributed by atoms with Crippen LogP contribution in [0.5, 0.6) is 0 Å². The third-order valence-corrected chi connectivity index (χ3v) is 8.09. The fourth-order valence-corrected chi connectivity index (χ4v) is 5.77. The molecule has 2 saturated heterocycles. The van der Waals surface area contributed by atoms with Crippen LogP contribution >= 0.6 is 0 Å². The zero-order valence-electron chi connectivity index (χ0n) is 23.4. The molecule has 4 rings (SSSR count). The predicted octanol–water partition coefficient (Wildman–Crippen LogP) is 3.50. The number of benzene rings is 2. The van der Waals surface area contributed by atoms with Crippen LogP contribution in [0.15, 0.2) is 24.3 Å². The van der Waals surface area contributed by atoms with E-state index in [4.69, 9.17) is 4.74 Å². The van der Waals surface area contributed by atoms with Crippen molar-refractivity contribution in [3.63, 3.8) is 0 Å². The van der Waals surface area contributed by atoms with Crippen LogP contribution in [0.2, 0.25) is 0 Å². The van der Waals surface area contributed by atoms with Crippen molar-refractivity contribution in [2.45, 2.75) is 52.0 Å². The molecular formula is C28H40N6O5. The van der Waals surface area contributed by atoms with Gasteiger partial charge in [-0.05, 0) is 61.3 Å². The van der Waals surface area contributed by atoms with Crippen molar-refractivity contribution in [3.8, 4) is 0 Å². The number of nitro benzene ring substituents is 2. The van der Waals surface area contributed by atoms with Crippen molar-refractivity contribution < 1.29 is 14.6 Å². The van der Waals surface area contributed by atoms with Crippen molar-refractivity contribution in [3.05, 3.63) is 77.9 Å². The summed E-state index contributed by atoms with van der Waals surface area (Å²) in [5.74, 6) is 0. The Bertz CT molecular complexity index is 1110. The highest BCUT2D eigenvalue weighted by atomic mass is 16.6. The molecule has 0 amide bonds. The largest absolute Gasteiger partial charge is 0.372 e. The summed E-state index contributed by atoms with van der Waals surface area (Å²) < 4.78 is 6.01. The van der Waals surface area contributed by atoms with Crippen LogP contribution in [-0.4, -0.2) is 73.0 Å². The molecule has 0 bridgehead atoms. The number of ether oxygens (including phenoxy) is 1. The lowest BCUT2D eigenvalue weighted by Crippen LogP contribution is -2.44. The molecule has 11 nitrogen and oxygen atoms in total. The van der Waals surface area contributed by atoms with E-state index in [1.807, 2.05) is 26.0 Å². The Labute approximate surface area is 229 Å². The zero-order chi connectivity index (χ0) is 28.1. The standard InChI is InChI=1S/C28H40N6O5/c1-5-19-13-25(33(35)36)21(11-23(19)27-15-29-7-9-31(27)3)17-39-18-22-12-24(28-16-30-8-10-32(28)4)20(6-2)14-26(22)34(37)38/h11-14,27-30H,5-10,15-18H2,1-4H3. The Kier molecular flexibility index (Phi) is 9.62.